The number of rotatable bonds is 2. The van der Waals surface area contributed by atoms with Crippen LogP contribution in [0.2, 0.25) is 0 Å². The summed E-state index contributed by atoms with van der Waals surface area (Å²) < 4.78 is 23.7. The molecule has 0 bridgehead atoms. The molecule has 2 N–H and O–H groups in total. The second-order valence-corrected chi connectivity index (χ2v) is 7.33. The number of nitrogens with one attached hydrogen (secondary N) is 2. The van der Waals surface area contributed by atoms with Crippen LogP contribution in [0.15, 0.2) is 12.2 Å². The molecule has 0 radical (unpaired) electrons. The zero-order valence-electron chi connectivity index (χ0n) is 10.0. The van der Waals surface area contributed by atoms with Crippen molar-refractivity contribution in [2.45, 2.75) is 30.3 Å². The molecule has 0 aromatic carbocycles. The summed E-state index contributed by atoms with van der Waals surface area (Å²) in [6.07, 6.45) is 5.07. The highest BCUT2D eigenvalue weighted by Crippen LogP contribution is 2.26. The summed E-state index contributed by atoms with van der Waals surface area (Å²) >= 11 is 0. The fourth-order valence-corrected chi connectivity index (χ4v) is 4.94. The van der Waals surface area contributed by atoms with E-state index in [-0.39, 0.29) is 23.5 Å². The van der Waals surface area contributed by atoms with Crippen molar-refractivity contribution < 1.29 is 13.2 Å². The van der Waals surface area contributed by atoms with Crippen LogP contribution >= 0.6 is 0 Å². The van der Waals surface area contributed by atoms with Gasteiger partial charge in [-0.3, -0.25) is 5.32 Å². The first-order valence-electron chi connectivity index (χ1n) is 6.28. The molecular formula is C11H17N3O3S. The lowest BCUT2D eigenvalue weighted by Gasteiger charge is -2.25. The third kappa shape index (κ3) is 1.91. The molecule has 0 spiro atoms. The Bertz CT molecular complexity index is 488. The Kier molecular flexibility index (Phi) is 2.82. The van der Waals surface area contributed by atoms with Crippen molar-refractivity contribution in [3.05, 3.63) is 12.2 Å². The molecule has 0 aromatic rings. The zero-order valence-corrected chi connectivity index (χ0v) is 10.8. The van der Waals surface area contributed by atoms with Crippen molar-refractivity contribution in [3.8, 4) is 0 Å². The summed E-state index contributed by atoms with van der Waals surface area (Å²) in [7, 11) is -2.96. The summed E-state index contributed by atoms with van der Waals surface area (Å²) in [5.41, 5.74) is 0. The standard InChI is InChI=1S/C11H17N3O3S/c15-11-12-5-6-14(11)10-4-3-8(13-10)9-2-1-7-18(9,16)17/h3-4,8-10,13H,1-2,5-7H2,(H,12,15). The predicted octanol–water partition coefficient (Wildman–Crippen LogP) is -0.557. The number of hydrogen-bond donors (Lipinski definition) is 2. The average Bonchev–Trinajstić information content (AvgIpc) is 2.97. The van der Waals surface area contributed by atoms with Crippen LogP contribution < -0.4 is 10.6 Å². The minimum Gasteiger partial charge on any atom is -0.336 e. The van der Waals surface area contributed by atoms with Crippen LogP contribution in [-0.4, -0.2) is 55.6 Å². The van der Waals surface area contributed by atoms with Crippen molar-refractivity contribution in [2.24, 2.45) is 0 Å². The number of sulfone groups is 1. The van der Waals surface area contributed by atoms with Crippen molar-refractivity contribution in [2.75, 3.05) is 18.8 Å². The number of urea groups is 1. The normalized spacial score (nSPS) is 38.3. The molecule has 2 saturated heterocycles. The van der Waals surface area contributed by atoms with E-state index in [1.807, 2.05) is 12.2 Å². The topological polar surface area (TPSA) is 78.5 Å². The monoisotopic (exact) mass is 271 g/mol. The van der Waals surface area contributed by atoms with Gasteiger partial charge >= 0.3 is 6.03 Å². The van der Waals surface area contributed by atoms with E-state index < -0.39 is 9.84 Å². The Morgan fingerprint density at radius 1 is 1.33 bits per heavy atom. The molecule has 0 aromatic heterocycles. The van der Waals surface area contributed by atoms with Gasteiger partial charge in [0.1, 0.15) is 6.17 Å². The van der Waals surface area contributed by atoms with E-state index in [1.165, 1.54) is 0 Å². The molecule has 3 aliphatic heterocycles. The number of carbonyl (C=O) groups is 1. The van der Waals surface area contributed by atoms with E-state index in [9.17, 15) is 13.2 Å². The Hall–Kier alpha value is -1.08. The summed E-state index contributed by atoms with van der Waals surface area (Å²) in [4.78, 5) is 13.2. The van der Waals surface area contributed by atoms with Gasteiger partial charge in [0.2, 0.25) is 0 Å². The van der Waals surface area contributed by atoms with E-state index in [4.69, 9.17) is 0 Å². The van der Waals surface area contributed by atoms with Crippen LogP contribution in [0.1, 0.15) is 12.8 Å². The first-order chi connectivity index (χ1) is 8.58. The molecule has 0 aliphatic carbocycles. The van der Waals surface area contributed by atoms with Gasteiger partial charge in [0, 0.05) is 19.1 Å². The van der Waals surface area contributed by atoms with E-state index in [0.717, 1.165) is 6.42 Å². The zero-order chi connectivity index (χ0) is 12.8. The number of amides is 2. The molecule has 7 heteroatoms. The van der Waals surface area contributed by atoms with Gasteiger partial charge in [0.15, 0.2) is 9.84 Å². The molecular weight excluding hydrogens is 254 g/mol. The Morgan fingerprint density at radius 2 is 2.17 bits per heavy atom. The molecule has 3 atom stereocenters. The van der Waals surface area contributed by atoms with Gasteiger partial charge in [-0.15, -0.1) is 0 Å². The SMILES string of the molecule is O=C1NCCN1C1C=CC(C2CCCS2(=O)=O)N1. The Labute approximate surface area is 106 Å². The lowest BCUT2D eigenvalue weighted by molar-refractivity contribution is 0.199. The van der Waals surface area contributed by atoms with Crippen LogP contribution in [0, 0.1) is 0 Å². The summed E-state index contributed by atoms with van der Waals surface area (Å²) in [6.45, 7) is 1.31. The average molecular weight is 271 g/mol. The number of hydrogen-bond acceptors (Lipinski definition) is 4. The summed E-state index contributed by atoms with van der Waals surface area (Å²) in [5.74, 6) is 0.290. The highest BCUT2D eigenvalue weighted by molar-refractivity contribution is 7.92. The largest absolute Gasteiger partial charge is 0.336 e. The third-order valence-corrected chi connectivity index (χ3v) is 6.18. The minimum atomic E-state index is -2.96. The summed E-state index contributed by atoms with van der Waals surface area (Å²) in [6, 6.07) is -0.247. The fraction of sp³-hybridized carbons (Fsp3) is 0.727. The first-order valence-corrected chi connectivity index (χ1v) is 8.00. The van der Waals surface area contributed by atoms with Gasteiger partial charge in [0.25, 0.3) is 0 Å². The Morgan fingerprint density at radius 3 is 2.78 bits per heavy atom. The third-order valence-electron chi connectivity index (χ3n) is 3.87. The molecule has 3 unspecified atom stereocenters. The molecule has 3 rings (SSSR count). The second-order valence-electron chi connectivity index (χ2n) is 5.00. The maximum absolute atomic E-state index is 11.9. The molecule has 2 fully saturated rings. The van der Waals surface area contributed by atoms with Crippen LogP contribution in [0.4, 0.5) is 4.79 Å². The molecule has 3 heterocycles. The second kappa shape index (κ2) is 4.24. The van der Waals surface area contributed by atoms with Gasteiger partial charge in [-0.05, 0) is 18.9 Å². The predicted molar refractivity (Wildman–Crippen MR) is 66.8 cm³/mol. The van der Waals surface area contributed by atoms with E-state index in [1.54, 1.807) is 4.90 Å². The highest BCUT2D eigenvalue weighted by Gasteiger charge is 2.40. The van der Waals surface area contributed by atoms with Crippen molar-refractivity contribution in [1.82, 2.24) is 15.5 Å². The number of nitrogens with zero attached hydrogens (tertiary/aromatic N) is 1. The smallest absolute Gasteiger partial charge is 0.319 e. The van der Waals surface area contributed by atoms with Gasteiger partial charge < -0.3 is 10.2 Å². The Balaban J connectivity index is 1.69. The number of carbonyl (C=O) groups excluding carboxylic acids is 1. The van der Waals surface area contributed by atoms with Crippen molar-refractivity contribution >= 4 is 15.9 Å². The maximum Gasteiger partial charge on any atom is 0.319 e. The van der Waals surface area contributed by atoms with Crippen LogP contribution in [-0.2, 0) is 9.84 Å². The first kappa shape index (κ1) is 12.0. The van der Waals surface area contributed by atoms with Crippen LogP contribution in [0.25, 0.3) is 0 Å². The maximum atomic E-state index is 11.9. The lowest BCUT2D eigenvalue weighted by Crippen LogP contribution is -2.49. The minimum absolute atomic E-state index is 0.0907. The van der Waals surface area contributed by atoms with Gasteiger partial charge in [-0.1, -0.05) is 6.08 Å². The molecule has 3 aliphatic rings. The quantitative estimate of drug-likeness (QED) is 0.660. The molecule has 18 heavy (non-hydrogen) atoms. The van der Waals surface area contributed by atoms with E-state index in [0.29, 0.717) is 25.3 Å². The molecule has 100 valence electrons. The van der Waals surface area contributed by atoms with Crippen molar-refractivity contribution in [3.63, 3.8) is 0 Å². The van der Waals surface area contributed by atoms with Crippen LogP contribution in [0.5, 0.6) is 0 Å². The van der Waals surface area contributed by atoms with Gasteiger partial charge in [-0.25, -0.2) is 13.2 Å². The molecule has 6 nitrogen and oxygen atoms in total. The summed E-state index contributed by atoms with van der Waals surface area (Å²) in [5, 5.41) is 5.65. The van der Waals surface area contributed by atoms with Gasteiger partial charge in [-0.2, -0.15) is 0 Å². The van der Waals surface area contributed by atoms with Gasteiger partial charge in [0.05, 0.1) is 11.0 Å². The molecule has 2 amide bonds. The van der Waals surface area contributed by atoms with Crippen molar-refractivity contribution in [1.29, 1.82) is 0 Å². The highest BCUT2D eigenvalue weighted by atomic mass is 32.2. The van der Waals surface area contributed by atoms with E-state index >= 15 is 0 Å². The lowest BCUT2D eigenvalue weighted by atomic mass is 10.1. The van der Waals surface area contributed by atoms with Crippen LogP contribution in [0.3, 0.4) is 0 Å². The molecule has 0 saturated carbocycles. The fourth-order valence-electron chi connectivity index (χ4n) is 2.93. The van der Waals surface area contributed by atoms with E-state index in [2.05, 4.69) is 10.6 Å².